The number of amides is 2. The first-order valence-corrected chi connectivity index (χ1v) is 14.1. The second-order valence-corrected chi connectivity index (χ2v) is 10.9. The van der Waals surface area contributed by atoms with Crippen molar-refractivity contribution in [1.29, 1.82) is 0 Å². The van der Waals surface area contributed by atoms with Gasteiger partial charge < -0.3 is 10.2 Å². The van der Waals surface area contributed by atoms with Crippen LogP contribution in [0.4, 0.5) is 10.1 Å². The molecule has 0 saturated carbocycles. The van der Waals surface area contributed by atoms with Gasteiger partial charge in [0.05, 0.1) is 10.6 Å². The van der Waals surface area contributed by atoms with Gasteiger partial charge in [0.1, 0.15) is 18.4 Å². The van der Waals surface area contributed by atoms with E-state index in [1.54, 1.807) is 25.1 Å². The Morgan fingerprint density at radius 3 is 2.03 bits per heavy atom. The molecule has 3 aromatic rings. The van der Waals surface area contributed by atoms with E-state index in [0.29, 0.717) is 12.8 Å². The van der Waals surface area contributed by atoms with Crippen LogP contribution in [0, 0.1) is 5.82 Å². The quantitative estimate of drug-likeness (QED) is 0.360. The number of carbonyl (C=O) groups is 2. The zero-order valence-corrected chi connectivity index (χ0v) is 22.7. The maximum atomic E-state index is 14.9. The van der Waals surface area contributed by atoms with Crippen molar-refractivity contribution in [3.63, 3.8) is 0 Å². The number of benzene rings is 3. The topological polar surface area (TPSA) is 86.8 Å². The van der Waals surface area contributed by atoms with Crippen LogP contribution in [0.3, 0.4) is 0 Å². The molecule has 0 spiro atoms. The van der Waals surface area contributed by atoms with Crippen molar-refractivity contribution in [1.82, 2.24) is 10.2 Å². The van der Waals surface area contributed by atoms with Crippen LogP contribution < -0.4 is 9.62 Å². The molecule has 0 heterocycles. The molecule has 0 aliphatic heterocycles. The van der Waals surface area contributed by atoms with Gasteiger partial charge in [0, 0.05) is 12.6 Å². The molecular formula is C29H34FN3O4S. The van der Waals surface area contributed by atoms with Gasteiger partial charge in [0.15, 0.2) is 0 Å². The van der Waals surface area contributed by atoms with E-state index in [-0.39, 0.29) is 29.1 Å². The molecule has 0 aliphatic carbocycles. The van der Waals surface area contributed by atoms with Crippen molar-refractivity contribution >= 4 is 27.5 Å². The zero-order valence-electron chi connectivity index (χ0n) is 21.9. The summed E-state index contributed by atoms with van der Waals surface area (Å²) in [5.74, 6) is -1.73. The Labute approximate surface area is 224 Å². The third kappa shape index (κ3) is 6.98. The van der Waals surface area contributed by atoms with Crippen LogP contribution in [0.5, 0.6) is 0 Å². The molecular weight excluding hydrogens is 505 g/mol. The average molecular weight is 540 g/mol. The highest BCUT2D eigenvalue weighted by Crippen LogP contribution is 2.27. The number of nitrogens with one attached hydrogen (secondary N) is 1. The maximum Gasteiger partial charge on any atom is 0.264 e. The van der Waals surface area contributed by atoms with Gasteiger partial charge in [0.2, 0.25) is 11.8 Å². The number of sulfonamides is 1. The second-order valence-electron chi connectivity index (χ2n) is 9.03. The molecule has 1 N–H and O–H groups in total. The molecule has 0 bridgehead atoms. The normalized spacial score (nSPS) is 12.8. The van der Waals surface area contributed by atoms with E-state index in [1.807, 2.05) is 44.2 Å². The van der Waals surface area contributed by atoms with Gasteiger partial charge in [-0.05, 0) is 49.6 Å². The number of rotatable bonds is 12. The Morgan fingerprint density at radius 2 is 1.45 bits per heavy atom. The molecule has 3 rings (SSSR count). The molecule has 0 aliphatic rings. The predicted octanol–water partition coefficient (Wildman–Crippen LogP) is 4.74. The largest absolute Gasteiger partial charge is 0.352 e. The van der Waals surface area contributed by atoms with E-state index >= 15 is 0 Å². The fourth-order valence-electron chi connectivity index (χ4n) is 4.03. The third-order valence-electron chi connectivity index (χ3n) is 6.31. The first kappa shape index (κ1) is 28.8. The van der Waals surface area contributed by atoms with E-state index in [1.165, 1.54) is 35.2 Å². The standard InChI is InChI=1S/C29H34FN3O4S/c1-4-22(3)31-29(35)26(5-2)32(20-23-14-8-6-9-15-23)28(34)21-33(27-19-13-12-18-25(27)30)38(36,37)24-16-10-7-11-17-24/h6-19,22,26H,4-5,20-21H2,1-3H3,(H,31,35)/t22-,26-/m1/s1. The van der Waals surface area contributed by atoms with Gasteiger partial charge >= 0.3 is 0 Å². The fraction of sp³-hybridized carbons (Fsp3) is 0.310. The first-order chi connectivity index (χ1) is 18.2. The van der Waals surface area contributed by atoms with Crippen molar-refractivity contribution in [3.8, 4) is 0 Å². The van der Waals surface area contributed by atoms with E-state index < -0.39 is 34.3 Å². The van der Waals surface area contributed by atoms with Crippen LogP contribution in [0.15, 0.2) is 89.8 Å². The molecule has 2 amide bonds. The minimum absolute atomic E-state index is 0.0767. The van der Waals surface area contributed by atoms with Crippen molar-refractivity contribution in [3.05, 3.63) is 96.3 Å². The van der Waals surface area contributed by atoms with Gasteiger partial charge in [-0.25, -0.2) is 12.8 Å². The lowest BCUT2D eigenvalue weighted by atomic mass is 10.1. The predicted molar refractivity (Wildman–Crippen MR) is 146 cm³/mol. The molecule has 0 unspecified atom stereocenters. The average Bonchev–Trinajstić information content (AvgIpc) is 2.92. The SMILES string of the molecule is CC[C@@H](C)NC(=O)[C@@H](CC)N(Cc1ccccc1)C(=O)CN(c1ccccc1F)S(=O)(=O)c1ccccc1. The Kier molecular flexibility index (Phi) is 10.0. The van der Waals surface area contributed by atoms with Crippen molar-refractivity contribution in [2.75, 3.05) is 10.8 Å². The highest BCUT2D eigenvalue weighted by atomic mass is 32.2. The summed E-state index contributed by atoms with van der Waals surface area (Å²) in [6.07, 6.45) is 1.02. The lowest BCUT2D eigenvalue weighted by Crippen LogP contribution is -2.53. The molecule has 9 heteroatoms. The maximum absolute atomic E-state index is 14.9. The number of carbonyl (C=O) groups excluding carboxylic acids is 2. The number of nitrogens with zero attached hydrogens (tertiary/aromatic N) is 2. The number of halogens is 1. The van der Waals surface area contributed by atoms with E-state index in [9.17, 15) is 22.4 Å². The summed E-state index contributed by atoms with van der Waals surface area (Å²) in [4.78, 5) is 28.4. The summed E-state index contributed by atoms with van der Waals surface area (Å²) in [7, 11) is -4.31. The van der Waals surface area contributed by atoms with Crippen LogP contribution >= 0.6 is 0 Å². The summed E-state index contributed by atoms with van der Waals surface area (Å²) in [6.45, 7) is 5.02. The van der Waals surface area contributed by atoms with Crippen LogP contribution in [-0.2, 0) is 26.2 Å². The fourth-order valence-corrected chi connectivity index (χ4v) is 5.47. The minimum atomic E-state index is -4.31. The van der Waals surface area contributed by atoms with E-state index in [2.05, 4.69) is 5.32 Å². The monoisotopic (exact) mass is 539 g/mol. The summed E-state index contributed by atoms with van der Waals surface area (Å²) in [6, 6.07) is 21.2. The molecule has 3 aromatic carbocycles. The summed E-state index contributed by atoms with van der Waals surface area (Å²) >= 11 is 0. The molecule has 0 fully saturated rings. The van der Waals surface area contributed by atoms with Crippen LogP contribution in [0.1, 0.15) is 39.2 Å². The highest BCUT2D eigenvalue weighted by Gasteiger charge is 2.34. The van der Waals surface area contributed by atoms with Crippen molar-refractivity contribution in [2.45, 2.75) is 57.1 Å². The minimum Gasteiger partial charge on any atom is -0.352 e. The third-order valence-corrected chi connectivity index (χ3v) is 8.09. The number of para-hydroxylation sites is 1. The Balaban J connectivity index is 2.04. The summed E-state index contributed by atoms with van der Waals surface area (Å²) in [5, 5.41) is 2.93. The molecule has 7 nitrogen and oxygen atoms in total. The number of anilines is 1. The van der Waals surface area contributed by atoms with Gasteiger partial charge in [0.25, 0.3) is 10.0 Å². The van der Waals surface area contributed by atoms with Crippen LogP contribution in [-0.4, -0.2) is 43.8 Å². The smallest absolute Gasteiger partial charge is 0.264 e. The van der Waals surface area contributed by atoms with Gasteiger partial charge in [-0.1, -0.05) is 74.5 Å². The molecule has 38 heavy (non-hydrogen) atoms. The van der Waals surface area contributed by atoms with Crippen LogP contribution in [0.2, 0.25) is 0 Å². The van der Waals surface area contributed by atoms with E-state index in [0.717, 1.165) is 15.9 Å². The Hall–Kier alpha value is -3.72. The molecule has 202 valence electrons. The molecule has 2 atom stereocenters. The molecule has 0 aromatic heterocycles. The van der Waals surface area contributed by atoms with Crippen molar-refractivity contribution in [2.24, 2.45) is 0 Å². The molecule has 0 radical (unpaired) electrons. The lowest BCUT2D eigenvalue weighted by molar-refractivity contribution is -0.140. The Morgan fingerprint density at radius 1 is 0.868 bits per heavy atom. The van der Waals surface area contributed by atoms with Crippen LogP contribution in [0.25, 0.3) is 0 Å². The van der Waals surface area contributed by atoms with Gasteiger partial charge in [-0.3, -0.25) is 13.9 Å². The lowest BCUT2D eigenvalue weighted by Gasteiger charge is -2.33. The summed E-state index contributed by atoms with van der Waals surface area (Å²) in [5.41, 5.74) is 0.528. The molecule has 0 saturated heterocycles. The Bertz CT molecular complexity index is 1320. The highest BCUT2D eigenvalue weighted by molar-refractivity contribution is 7.92. The van der Waals surface area contributed by atoms with Gasteiger partial charge in [-0.2, -0.15) is 0 Å². The number of hydrogen-bond donors (Lipinski definition) is 1. The zero-order chi connectivity index (χ0) is 27.7. The van der Waals surface area contributed by atoms with Crippen molar-refractivity contribution < 1.29 is 22.4 Å². The van der Waals surface area contributed by atoms with Gasteiger partial charge in [-0.15, -0.1) is 0 Å². The van der Waals surface area contributed by atoms with E-state index in [4.69, 9.17) is 0 Å². The summed E-state index contributed by atoms with van der Waals surface area (Å²) < 4.78 is 43.0. The first-order valence-electron chi connectivity index (χ1n) is 12.6. The number of hydrogen-bond acceptors (Lipinski definition) is 4. The second kappa shape index (κ2) is 13.2.